The van der Waals surface area contributed by atoms with Crippen molar-refractivity contribution in [3.63, 3.8) is 0 Å². The molecule has 0 saturated carbocycles. The molecule has 3 nitrogen and oxygen atoms in total. The van der Waals surface area contributed by atoms with Gasteiger partial charge in [0.1, 0.15) is 0 Å². The van der Waals surface area contributed by atoms with Crippen molar-refractivity contribution < 1.29 is 4.79 Å². The smallest absolute Gasteiger partial charge is 0.164 e. The number of hydrogen-bond acceptors (Lipinski definition) is 2. The van der Waals surface area contributed by atoms with Crippen LogP contribution in [0.15, 0.2) is 36.5 Å². The Hall–Kier alpha value is -1.87. The quantitative estimate of drug-likeness (QED) is 0.689. The number of likely N-dealkylation sites (tertiary alicyclic amines) is 1. The Balaban J connectivity index is 1.26. The van der Waals surface area contributed by atoms with E-state index >= 15 is 0 Å². The van der Waals surface area contributed by atoms with E-state index in [-0.39, 0.29) is 0 Å². The molecule has 2 heterocycles. The van der Waals surface area contributed by atoms with Crippen molar-refractivity contribution in [3.8, 4) is 0 Å². The SMILES string of the molecule is Cn1cc(C(=O)CCC2CCN(Cc3ccccc3)CC2)c2c1CCCC2. The number of hydrogen-bond donors (Lipinski definition) is 0. The summed E-state index contributed by atoms with van der Waals surface area (Å²) in [6, 6.07) is 10.7. The summed E-state index contributed by atoms with van der Waals surface area (Å²) in [6.07, 6.45) is 11.1. The second kappa shape index (κ2) is 8.43. The fourth-order valence-electron chi connectivity index (χ4n) is 4.90. The third kappa shape index (κ3) is 4.35. The molecule has 0 radical (unpaired) electrons. The van der Waals surface area contributed by atoms with Crippen molar-refractivity contribution in [3.05, 3.63) is 58.9 Å². The first-order chi connectivity index (χ1) is 13.2. The van der Waals surface area contributed by atoms with Gasteiger partial charge in [-0.05, 0) is 75.1 Å². The molecule has 144 valence electrons. The van der Waals surface area contributed by atoms with Crippen LogP contribution in [0.4, 0.5) is 0 Å². The largest absolute Gasteiger partial charge is 0.353 e. The fraction of sp³-hybridized carbons (Fsp3) is 0.542. The molecular weight excluding hydrogens is 332 g/mol. The van der Waals surface area contributed by atoms with E-state index < -0.39 is 0 Å². The van der Waals surface area contributed by atoms with E-state index in [4.69, 9.17) is 0 Å². The zero-order valence-electron chi connectivity index (χ0n) is 16.6. The minimum absolute atomic E-state index is 0.375. The minimum Gasteiger partial charge on any atom is -0.353 e. The highest BCUT2D eigenvalue weighted by Crippen LogP contribution is 2.29. The summed E-state index contributed by atoms with van der Waals surface area (Å²) in [7, 11) is 2.10. The molecule has 1 aliphatic carbocycles. The molecule has 1 aromatic heterocycles. The topological polar surface area (TPSA) is 25.2 Å². The summed E-state index contributed by atoms with van der Waals surface area (Å²) in [5.74, 6) is 1.08. The van der Waals surface area contributed by atoms with E-state index in [1.54, 1.807) is 0 Å². The standard InChI is InChI=1S/C24H32N2O/c1-25-18-22(21-9-5-6-10-23(21)25)24(27)12-11-19-13-15-26(16-14-19)17-20-7-3-2-4-8-20/h2-4,7-8,18-19H,5-6,9-17H2,1H3. The molecule has 1 aliphatic heterocycles. The zero-order valence-corrected chi connectivity index (χ0v) is 16.6. The molecule has 0 unspecified atom stereocenters. The maximum absolute atomic E-state index is 12.9. The van der Waals surface area contributed by atoms with E-state index in [0.29, 0.717) is 11.7 Å². The number of piperidine rings is 1. The van der Waals surface area contributed by atoms with Crippen LogP contribution in [0.5, 0.6) is 0 Å². The molecular formula is C24H32N2O. The van der Waals surface area contributed by atoms with Crippen molar-refractivity contribution in [2.45, 2.75) is 57.9 Å². The molecule has 3 heteroatoms. The average molecular weight is 365 g/mol. The van der Waals surface area contributed by atoms with Crippen molar-refractivity contribution >= 4 is 5.78 Å². The van der Waals surface area contributed by atoms with E-state index in [1.165, 1.54) is 42.5 Å². The second-order valence-corrected chi connectivity index (χ2v) is 8.45. The number of aromatic nitrogens is 1. The van der Waals surface area contributed by atoms with Gasteiger partial charge in [0.15, 0.2) is 5.78 Å². The van der Waals surface area contributed by atoms with Crippen LogP contribution >= 0.6 is 0 Å². The number of Topliss-reactive ketones (excluding diaryl/α,β-unsaturated/α-hetero) is 1. The molecule has 2 aromatic rings. The van der Waals surface area contributed by atoms with E-state index in [1.807, 2.05) is 0 Å². The lowest BCUT2D eigenvalue weighted by Gasteiger charge is -2.32. The Bertz CT molecular complexity index is 769. The van der Waals surface area contributed by atoms with Gasteiger partial charge in [0.25, 0.3) is 0 Å². The second-order valence-electron chi connectivity index (χ2n) is 8.45. The molecule has 27 heavy (non-hydrogen) atoms. The first-order valence-corrected chi connectivity index (χ1v) is 10.7. The summed E-state index contributed by atoms with van der Waals surface area (Å²) in [6.45, 7) is 3.38. The van der Waals surface area contributed by atoms with Crippen LogP contribution in [-0.2, 0) is 26.4 Å². The molecule has 1 aromatic carbocycles. The number of benzene rings is 1. The van der Waals surface area contributed by atoms with Gasteiger partial charge >= 0.3 is 0 Å². The van der Waals surface area contributed by atoms with Crippen LogP contribution in [0.25, 0.3) is 0 Å². The lowest BCUT2D eigenvalue weighted by atomic mass is 9.88. The van der Waals surface area contributed by atoms with Gasteiger partial charge in [-0.1, -0.05) is 30.3 Å². The molecule has 4 rings (SSSR count). The minimum atomic E-state index is 0.375. The van der Waals surface area contributed by atoms with Crippen LogP contribution in [-0.4, -0.2) is 28.3 Å². The number of ketones is 1. The highest BCUT2D eigenvalue weighted by molar-refractivity contribution is 5.97. The third-order valence-corrected chi connectivity index (χ3v) is 6.55. The van der Waals surface area contributed by atoms with Crippen LogP contribution in [0.1, 0.15) is 65.7 Å². The Labute approximate surface area is 163 Å². The Morgan fingerprint density at radius 3 is 2.59 bits per heavy atom. The van der Waals surface area contributed by atoms with Gasteiger partial charge < -0.3 is 4.57 Å². The third-order valence-electron chi connectivity index (χ3n) is 6.55. The Morgan fingerprint density at radius 1 is 1.07 bits per heavy atom. The number of carbonyl (C=O) groups is 1. The maximum atomic E-state index is 12.9. The van der Waals surface area contributed by atoms with Crippen molar-refractivity contribution in [2.24, 2.45) is 13.0 Å². The van der Waals surface area contributed by atoms with E-state index in [9.17, 15) is 4.79 Å². The summed E-state index contributed by atoms with van der Waals surface area (Å²) in [5.41, 5.74) is 5.18. The van der Waals surface area contributed by atoms with Gasteiger partial charge in [-0.15, -0.1) is 0 Å². The number of nitrogens with zero attached hydrogens (tertiary/aromatic N) is 2. The summed E-state index contributed by atoms with van der Waals surface area (Å²) >= 11 is 0. The van der Waals surface area contributed by atoms with E-state index in [0.717, 1.165) is 50.9 Å². The zero-order chi connectivity index (χ0) is 18.6. The number of aryl methyl sites for hydroxylation is 1. The van der Waals surface area contributed by atoms with Crippen molar-refractivity contribution in [2.75, 3.05) is 13.1 Å². The molecule has 0 amide bonds. The Morgan fingerprint density at radius 2 is 1.81 bits per heavy atom. The molecule has 0 spiro atoms. The molecule has 1 fully saturated rings. The molecule has 0 N–H and O–H groups in total. The van der Waals surface area contributed by atoms with Crippen LogP contribution in [0.3, 0.4) is 0 Å². The normalized spacial score (nSPS) is 18.4. The molecule has 2 aliphatic rings. The monoisotopic (exact) mass is 364 g/mol. The lowest BCUT2D eigenvalue weighted by molar-refractivity contribution is 0.0960. The first kappa shape index (κ1) is 18.5. The van der Waals surface area contributed by atoms with Crippen LogP contribution in [0, 0.1) is 5.92 Å². The molecule has 0 bridgehead atoms. The number of fused-ring (bicyclic) bond motifs is 1. The number of rotatable bonds is 6. The van der Waals surface area contributed by atoms with Gasteiger partial charge in [0.05, 0.1) is 0 Å². The highest BCUT2D eigenvalue weighted by atomic mass is 16.1. The van der Waals surface area contributed by atoms with Gasteiger partial charge in [-0.3, -0.25) is 9.69 Å². The lowest BCUT2D eigenvalue weighted by Crippen LogP contribution is -2.33. The first-order valence-electron chi connectivity index (χ1n) is 10.7. The average Bonchev–Trinajstić information content (AvgIpc) is 3.05. The Kier molecular flexibility index (Phi) is 5.77. The van der Waals surface area contributed by atoms with Gasteiger partial charge in [0.2, 0.25) is 0 Å². The van der Waals surface area contributed by atoms with Crippen LogP contribution in [0.2, 0.25) is 0 Å². The predicted octanol–water partition coefficient (Wildman–Crippen LogP) is 4.78. The summed E-state index contributed by atoms with van der Waals surface area (Å²) in [4.78, 5) is 15.4. The summed E-state index contributed by atoms with van der Waals surface area (Å²) in [5, 5.41) is 0. The van der Waals surface area contributed by atoms with Gasteiger partial charge in [-0.25, -0.2) is 0 Å². The van der Waals surface area contributed by atoms with Crippen molar-refractivity contribution in [1.29, 1.82) is 0 Å². The molecule has 0 atom stereocenters. The van der Waals surface area contributed by atoms with Crippen LogP contribution < -0.4 is 0 Å². The predicted molar refractivity (Wildman–Crippen MR) is 110 cm³/mol. The van der Waals surface area contributed by atoms with Crippen molar-refractivity contribution in [1.82, 2.24) is 9.47 Å². The molecule has 1 saturated heterocycles. The summed E-state index contributed by atoms with van der Waals surface area (Å²) < 4.78 is 2.20. The van der Waals surface area contributed by atoms with Gasteiger partial charge in [0, 0.05) is 37.5 Å². The highest BCUT2D eigenvalue weighted by Gasteiger charge is 2.24. The van der Waals surface area contributed by atoms with Gasteiger partial charge in [-0.2, -0.15) is 0 Å². The fourth-order valence-corrected chi connectivity index (χ4v) is 4.90. The number of carbonyl (C=O) groups excluding carboxylic acids is 1. The van der Waals surface area contributed by atoms with E-state index in [2.05, 4.69) is 53.0 Å². The maximum Gasteiger partial charge on any atom is 0.164 e.